The van der Waals surface area contributed by atoms with E-state index in [2.05, 4.69) is 11.0 Å². The van der Waals surface area contributed by atoms with Gasteiger partial charge >= 0.3 is 0 Å². The first-order valence-corrected chi connectivity index (χ1v) is 8.43. The minimum absolute atomic E-state index is 0.115. The Morgan fingerprint density at radius 1 is 1.25 bits per heavy atom. The van der Waals surface area contributed by atoms with Gasteiger partial charge in [0.25, 0.3) is 0 Å². The van der Waals surface area contributed by atoms with Gasteiger partial charge in [-0.1, -0.05) is 29.8 Å². The molecule has 128 valence electrons. The van der Waals surface area contributed by atoms with Crippen molar-refractivity contribution in [2.75, 3.05) is 20.2 Å². The Morgan fingerprint density at radius 2 is 2.08 bits per heavy atom. The molecular formula is C19H21ClFNO2. The van der Waals surface area contributed by atoms with E-state index < -0.39 is 0 Å². The number of halogens is 2. The molecule has 0 amide bonds. The lowest BCUT2D eigenvalue weighted by molar-refractivity contribution is 0.107. The van der Waals surface area contributed by atoms with E-state index in [0.29, 0.717) is 22.4 Å². The number of methoxy groups -OCH3 is 1. The zero-order valence-electron chi connectivity index (χ0n) is 13.7. The molecule has 1 aliphatic heterocycles. The van der Waals surface area contributed by atoms with Gasteiger partial charge in [0, 0.05) is 32.3 Å². The third kappa shape index (κ3) is 4.26. The van der Waals surface area contributed by atoms with E-state index in [9.17, 15) is 4.39 Å². The van der Waals surface area contributed by atoms with Crippen molar-refractivity contribution < 1.29 is 13.9 Å². The van der Waals surface area contributed by atoms with E-state index in [4.69, 9.17) is 21.1 Å². The van der Waals surface area contributed by atoms with Gasteiger partial charge in [0.2, 0.25) is 0 Å². The summed E-state index contributed by atoms with van der Waals surface area (Å²) in [5, 5.41) is 0.383. The van der Waals surface area contributed by atoms with E-state index >= 15 is 0 Å². The number of likely N-dealkylation sites (tertiary alicyclic amines) is 1. The molecule has 1 heterocycles. The average molecular weight is 350 g/mol. The van der Waals surface area contributed by atoms with Crippen molar-refractivity contribution in [3.05, 3.63) is 64.4 Å². The van der Waals surface area contributed by atoms with E-state index in [-0.39, 0.29) is 12.4 Å². The van der Waals surface area contributed by atoms with E-state index in [1.165, 1.54) is 11.6 Å². The molecule has 5 heteroatoms. The monoisotopic (exact) mass is 349 g/mol. The van der Waals surface area contributed by atoms with Crippen molar-refractivity contribution in [2.45, 2.75) is 25.7 Å². The first-order chi connectivity index (χ1) is 11.7. The second-order valence-electron chi connectivity index (χ2n) is 6.02. The van der Waals surface area contributed by atoms with Crippen molar-refractivity contribution in [1.82, 2.24) is 4.90 Å². The van der Waals surface area contributed by atoms with Crippen LogP contribution in [-0.4, -0.2) is 31.2 Å². The van der Waals surface area contributed by atoms with Crippen LogP contribution in [0.5, 0.6) is 5.75 Å². The minimum Gasteiger partial charge on any atom is -0.489 e. The summed E-state index contributed by atoms with van der Waals surface area (Å²) in [6, 6.07) is 12.5. The van der Waals surface area contributed by atoms with E-state index in [0.717, 1.165) is 26.1 Å². The molecule has 0 spiro atoms. The van der Waals surface area contributed by atoms with Crippen LogP contribution in [0.15, 0.2) is 42.5 Å². The first kappa shape index (κ1) is 17.2. The Labute approximate surface area is 146 Å². The Kier molecular flexibility index (Phi) is 5.72. The molecule has 0 N–H and O–H groups in total. The highest BCUT2D eigenvalue weighted by atomic mass is 35.5. The van der Waals surface area contributed by atoms with Gasteiger partial charge in [-0.15, -0.1) is 0 Å². The van der Waals surface area contributed by atoms with Crippen LogP contribution in [0.2, 0.25) is 5.02 Å². The zero-order valence-corrected chi connectivity index (χ0v) is 14.4. The molecule has 2 aromatic carbocycles. The van der Waals surface area contributed by atoms with Gasteiger partial charge in [0.05, 0.1) is 11.1 Å². The average Bonchev–Trinajstić information content (AvgIpc) is 3.02. The smallest absolute Gasteiger partial charge is 0.131 e. The molecule has 0 unspecified atom stereocenters. The Hall–Kier alpha value is -1.62. The largest absolute Gasteiger partial charge is 0.489 e. The number of ether oxygens (including phenoxy) is 2. The molecule has 1 atom stereocenters. The molecule has 3 nitrogen and oxygen atoms in total. The fourth-order valence-corrected chi connectivity index (χ4v) is 3.17. The van der Waals surface area contributed by atoms with Gasteiger partial charge in [-0.05, 0) is 36.2 Å². The Bertz CT molecular complexity index is 675. The molecule has 0 saturated carbocycles. The maximum Gasteiger partial charge on any atom is 0.131 e. The van der Waals surface area contributed by atoms with Gasteiger partial charge in [-0.3, -0.25) is 4.90 Å². The summed E-state index contributed by atoms with van der Waals surface area (Å²) >= 11 is 6.03. The maximum absolute atomic E-state index is 13.8. The summed E-state index contributed by atoms with van der Waals surface area (Å²) in [5.74, 6) is 0.371. The highest BCUT2D eigenvalue weighted by Gasteiger charge is 2.21. The summed E-state index contributed by atoms with van der Waals surface area (Å²) in [6.45, 7) is 2.96. The van der Waals surface area contributed by atoms with E-state index in [1.54, 1.807) is 19.2 Å². The molecule has 24 heavy (non-hydrogen) atoms. The molecule has 2 aromatic rings. The molecule has 1 aliphatic rings. The molecule has 3 rings (SSSR count). The molecule has 1 saturated heterocycles. The van der Waals surface area contributed by atoms with Crippen molar-refractivity contribution in [2.24, 2.45) is 0 Å². The number of hydrogen-bond donors (Lipinski definition) is 0. The summed E-state index contributed by atoms with van der Waals surface area (Å²) in [6.07, 6.45) is 1.39. The highest BCUT2D eigenvalue weighted by molar-refractivity contribution is 6.31. The van der Waals surface area contributed by atoms with Crippen LogP contribution in [0.4, 0.5) is 4.39 Å². The lowest BCUT2D eigenvalue weighted by Crippen LogP contribution is -2.22. The second kappa shape index (κ2) is 7.97. The van der Waals surface area contributed by atoms with Crippen LogP contribution in [0, 0.1) is 5.82 Å². The van der Waals surface area contributed by atoms with Crippen LogP contribution >= 0.6 is 11.6 Å². The summed E-state index contributed by atoms with van der Waals surface area (Å²) in [7, 11) is 1.76. The molecule has 0 bridgehead atoms. The van der Waals surface area contributed by atoms with Gasteiger partial charge in [0.15, 0.2) is 0 Å². The standard InChI is InChI=1S/C19H21ClFNO2/c1-23-16-8-9-22(12-16)11-14-4-2-5-15(10-14)24-13-17-18(20)6-3-7-19(17)21/h2-7,10,16H,8-9,11-13H2,1H3/t16-/m1/s1. The first-order valence-electron chi connectivity index (χ1n) is 8.05. The Morgan fingerprint density at radius 3 is 2.83 bits per heavy atom. The topological polar surface area (TPSA) is 21.7 Å². The zero-order chi connectivity index (χ0) is 16.9. The van der Waals surface area contributed by atoms with Crippen LogP contribution in [0.3, 0.4) is 0 Å². The maximum atomic E-state index is 13.8. The van der Waals surface area contributed by atoms with Crippen LogP contribution < -0.4 is 4.74 Å². The summed E-state index contributed by atoms with van der Waals surface area (Å²) < 4.78 is 24.9. The summed E-state index contributed by atoms with van der Waals surface area (Å²) in [5.41, 5.74) is 1.55. The Balaban J connectivity index is 1.61. The number of nitrogens with zero attached hydrogens (tertiary/aromatic N) is 1. The van der Waals surface area contributed by atoms with Crippen LogP contribution in [0.25, 0.3) is 0 Å². The fraction of sp³-hybridized carbons (Fsp3) is 0.368. The third-order valence-electron chi connectivity index (χ3n) is 4.31. The van der Waals surface area contributed by atoms with Crippen molar-refractivity contribution in [1.29, 1.82) is 0 Å². The number of hydrogen-bond acceptors (Lipinski definition) is 3. The van der Waals surface area contributed by atoms with Gasteiger partial charge in [-0.25, -0.2) is 4.39 Å². The van der Waals surface area contributed by atoms with E-state index in [1.807, 2.05) is 18.2 Å². The lowest BCUT2D eigenvalue weighted by Gasteiger charge is -2.16. The normalized spacial score (nSPS) is 18.0. The van der Waals surface area contributed by atoms with Gasteiger partial charge in [-0.2, -0.15) is 0 Å². The van der Waals surface area contributed by atoms with Crippen molar-refractivity contribution in [3.8, 4) is 5.75 Å². The predicted molar refractivity (Wildman–Crippen MR) is 92.9 cm³/mol. The fourth-order valence-electron chi connectivity index (χ4n) is 2.95. The van der Waals surface area contributed by atoms with Crippen LogP contribution in [0.1, 0.15) is 17.5 Å². The number of rotatable bonds is 6. The second-order valence-corrected chi connectivity index (χ2v) is 6.42. The minimum atomic E-state index is -0.346. The van der Waals surface area contributed by atoms with Crippen molar-refractivity contribution in [3.63, 3.8) is 0 Å². The molecular weight excluding hydrogens is 329 g/mol. The highest BCUT2D eigenvalue weighted by Crippen LogP contribution is 2.23. The lowest BCUT2D eigenvalue weighted by atomic mass is 10.2. The number of benzene rings is 2. The van der Waals surface area contributed by atoms with Gasteiger partial charge < -0.3 is 9.47 Å². The van der Waals surface area contributed by atoms with Crippen molar-refractivity contribution >= 4 is 11.6 Å². The molecule has 0 radical (unpaired) electrons. The van der Waals surface area contributed by atoms with Gasteiger partial charge in [0.1, 0.15) is 18.2 Å². The predicted octanol–water partition coefficient (Wildman–Crippen LogP) is 4.28. The summed E-state index contributed by atoms with van der Waals surface area (Å²) in [4.78, 5) is 2.36. The molecule has 1 fully saturated rings. The molecule has 0 aliphatic carbocycles. The SMILES string of the molecule is CO[C@@H]1CCN(Cc2cccc(OCc3c(F)cccc3Cl)c2)C1. The quantitative estimate of drug-likeness (QED) is 0.777. The van der Waals surface area contributed by atoms with Crippen LogP contribution in [-0.2, 0) is 17.9 Å². The third-order valence-corrected chi connectivity index (χ3v) is 4.67. The molecule has 0 aromatic heterocycles.